The summed E-state index contributed by atoms with van der Waals surface area (Å²) < 4.78 is 5.27. The van der Waals surface area contributed by atoms with Gasteiger partial charge in [-0.1, -0.05) is 0 Å². The molecule has 0 spiro atoms. The molecule has 0 radical (unpaired) electrons. The van der Waals surface area contributed by atoms with Gasteiger partial charge >= 0.3 is 0 Å². The van der Waals surface area contributed by atoms with Gasteiger partial charge in [0.15, 0.2) is 0 Å². The molecule has 0 fully saturated rings. The molecule has 1 rings (SSSR count). The molecule has 0 saturated heterocycles. The summed E-state index contributed by atoms with van der Waals surface area (Å²) in [5, 5.41) is 4.29. The summed E-state index contributed by atoms with van der Waals surface area (Å²) in [5.74, 6) is 0. The molecule has 10 heavy (non-hydrogen) atoms. The number of aryl methyl sites for hydroxylation is 1. The lowest BCUT2D eigenvalue weighted by Gasteiger charge is -1.98. The lowest BCUT2D eigenvalue weighted by Crippen LogP contribution is -1.90. The molecular formula is C8H12OS. The zero-order valence-corrected chi connectivity index (χ0v) is 7.20. The molecule has 1 aromatic heterocycles. The smallest absolute Gasteiger partial charge is 0.0727 e. The maximum atomic E-state index is 5.27. The van der Waals surface area contributed by atoms with Gasteiger partial charge < -0.3 is 4.74 Å². The maximum Gasteiger partial charge on any atom is 0.0727 e. The van der Waals surface area contributed by atoms with Crippen LogP contribution in [0.2, 0.25) is 0 Å². The zero-order valence-electron chi connectivity index (χ0n) is 6.39. The van der Waals surface area contributed by atoms with Gasteiger partial charge in [0.05, 0.1) is 6.61 Å². The SMILES string of the molecule is CCOCc1cscc1C. The van der Waals surface area contributed by atoms with Crippen LogP contribution in [0.25, 0.3) is 0 Å². The third kappa shape index (κ3) is 1.82. The van der Waals surface area contributed by atoms with Crippen LogP contribution in [0.1, 0.15) is 18.1 Å². The van der Waals surface area contributed by atoms with E-state index in [1.165, 1.54) is 11.1 Å². The highest BCUT2D eigenvalue weighted by molar-refractivity contribution is 7.08. The lowest BCUT2D eigenvalue weighted by molar-refractivity contribution is 0.134. The van der Waals surface area contributed by atoms with Crippen LogP contribution in [0.3, 0.4) is 0 Å². The van der Waals surface area contributed by atoms with E-state index in [0.717, 1.165) is 13.2 Å². The lowest BCUT2D eigenvalue weighted by atomic mass is 10.2. The molecule has 0 atom stereocenters. The highest BCUT2D eigenvalue weighted by Gasteiger charge is 1.96. The average molecular weight is 156 g/mol. The minimum atomic E-state index is 0.770. The molecule has 56 valence electrons. The fourth-order valence-corrected chi connectivity index (χ4v) is 1.59. The Morgan fingerprint density at radius 2 is 2.30 bits per heavy atom. The normalized spacial score (nSPS) is 10.2. The van der Waals surface area contributed by atoms with Crippen molar-refractivity contribution in [2.24, 2.45) is 0 Å². The van der Waals surface area contributed by atoms with E-state index in [9.17, 15) is 0 Å². The van der Waals surface area contributed by atoms with Crippen LogP contribution in [0, 0.1) is 6.92 Å². The molecule has 2 heteroatoms. The molecule has 0 saturated carbocycles. The van der Waals surface area contributed by atoms with Crippen molar-refractivity contribution in [2.45, 2.75) is 20.5 Å². The van der Waals surface area contributed by atoms with Gasteiger partial charge in [-0.2, -0.15) is 11.3 Å². The topological polar surface area (TPSA) is 9.23 Å². The van der Waals surface area contributed by atoms with Crippen molar-refractivity contribution >= 4 is 11.3 Å². The molecule has 1 heterocycles. The molecule has 0 aliphatic carbocycles. The summed E-state index contributed by atoms with van der Waals surface area (Å²) in [6.07, 6.45) is 0. The van der Waals surface area contributed by atoms with Gasteiger partial charge in [0.1, 0.15) is 0 Å². The molecule has 1 nitrogen and oxygen atoms in total. The van der Waals surface area contributed by atoms with Gasteiger partial charge in [-0.15, -0.1) is 0 Å². The summed E-state index contributed by atoms with van der Waals surface area (Å²) in [6.45, 7) is 5.70. The summed E-state index contributed by atoms with van der Waals surface area (Å²) in [7, 11) is 0. The molecule has 1 aromatic rings. The van der Waals surface area contributed by atoms with E-state index in [1.54, 1.807) is 11.3 Å². The Hall–Kier alpha value is -0.340. The summed E-state index contributed by atoms with van der Waals surface area (Å²) in [5.41, 5.74) is 2.67. The summed E-state index contributed by atoms with van der Waals surface area (Å²) in [4.78, 5) is 0. The van der Waals surface area contributed by atoms with E-state index in [-0.39, 0.29) is 0 Å². The van der Waals surface area contributed by atoms with Crippen molar-refractivity contribution in [3.05, 3.63) is 21.9 Å². The molecule has 0 bridgehead atoms. The van der Waals surface area contributed by atoms with Crippen LogP contribution in [-0.2, 0) is 11.3 Å². The van der Waals surface area contributed by atoms with Gasteiger partial charge in [-0.05, 0) is 35.7 Å². The fourth-order valence-electron chi connectivity index (χ4n) is 0.747. The van der Waals surface area contributed by atoms with Crippen LogP contribution >= 0.6 is 11.3 Å². The monoisotopic (exact) mass is 156 g/mol. The number of thiophene rings is 1. The Bertz CT molecular complexity index is 193. The molecule has 0 unspecified atom stereocenters. The largest absolute Gasteiger partial charge is 0.377 e. The first-order valence-electron chi connectivity index (χ1n) is 3.44. The predicted molar refractivity (Wildman–Crippen MR) is 44.4 cm³/mol. The maximum absolute atomic E-state index is 5.27. The van der Waals surface area contributed by atoms with E-state index in [2.05, 4.69) is 17.7 Å². The highest BCUT2D eigenvalue weighted by Crippen LogP contribution is 2.14. The Balaban J connectivity index is 2.49. The number of hydrogen-bond acceptors (Lipinski definition) is 2. The first-order valence-corrected chi connectivity index (χ1v) is 4.38. The van der Waals surface area contributed by atoms with E-state index in [4.69, 9.17) is 4.74 Å². The van der Waals surface area contributed by atoms with E-state index in [1.807, 2.05) is 6.92 Å². The third-order valence-electron chi connectivity index (χ3n) is 1.42. The Morgan fingerprint density at radius 1 is 1.50 bits per heavy atom. The Kier molecular flexibility index (Phi) is 2.90. The Labute approximate surface area is 65.6 Å². The number of hydrogen-bond donors (Lipinski definition) is 0. The van der Waals surface area contributed by atoms with Crippen molar-refractivity contribution in [3.8, 4) is 0 Å². The molecule has 0 aliphatic rings. The van der Waals surface area contributed by atoms with Crippen LogP contribution in [0.4, 0.5) is 0 Å². The van der Waals surface area contributed by atoms with Crippen LogP contribution < -0.4 is 0 Å². The first-order chi connectivity index (χ1) is 4.84. The molecule has 0 aliphatic heterocycles. The minimum Gasteiger partial charge on any atom is -0.377 e. The van der Waals surface area contributed by atoms with Crippen molar-refractivity contribution < 1.29 is 4.74 Å². The van der Waals surface area contributed by atoms with Crippen LogP contribution in [-0.4, -0.2) is 6.61 Å². The average Bonchev–Trinajstić information content (AvgIpc) is 2.31. The van der Waals surface area contributed by atoms with Crippen molar-refractivity contribution in [3.63, 3.8) is 0 Å². The predicted octanol–water partition coefficient (Wildman–Crippen LogP) is 2.59. The van der Waals surface area contributed by atoms with Gasteiger partial charge in [-0.25, -0.2) is 0 Å². The number of ether oxygens (including phenoxy) is 1. The van der Waals surface area contributed by atoms with Crippen LogP contribution in [0.5, 0.6) is 0 Å². The van der Waals surface area contributed by atoms with Gasteiger partial charge in [0, 0.05) is 6.61 Å². The van der Waals surface area contributed by atoms with Crippen molar-refractivity contribution in [2.75, 3.05) is 6.61 Å². The second kappa shape index (κ2) is 3.74. The molecular weight excluding hydrogens is 144 g/mol. The minimum absolute atomic E-state index is 0.770. The molecule has 0 aromatic carbocycles. The standard InChI is InChI=1S/C8H12OS/c1-3-9-4-8-6-10-5-7(8)2/h5-6H,3-4H2,1-2H3. The van der Waals surface area contributed by atoms with E-state index in [0.29, 0.717) is 0 Å². The van der Waals surface area contributed by atoms with Gasteiger partial charge in [0.25, 0.3) is 0 Å². The van der Waals surface area contributed by atoms with Crippen LogP contribution in [0.15, 0.2) is 10.8 Å². The summed E-state index contributed by atoms with van der Waals surface area (Å²) in [6, 6.07) is 0. The van der Waals surface area contributed by atoms with E-state index < -0.39 is 0 Å². The number of rotatable bonds is 3. The van der Waals surface area contributed by atoms with Crippen molar-refractivity contribution in [1.82, 2.24) is 0 Å². The highest BCUT2D eigenvalue weighted by atomic mass is 32.1. The first kappa shape index (κ1) is 7.76. The second-order valence-electron chi connectivity index (χ2n) is 2.22. The van der Waals surface area contributed by atoms with E-state index >= 15 is 0 Å². The molecule has 0 amide bonds. The Morgan fingerprint density at radius 3 is 2.80 bits per heavy atom. The second-order valence-corrected chi connectivity index (χ2v) is 2.96. The van der Waals surface area contributed by atoms with Crippen molar-refractivity contribution in [1.29, 1.82) is 0 Å². The quantitative estimate of drug-likeness (QED) is 0.653. The van der Waals surface area contributed by atoms with Gasteiger partial charge in [0.2, 0.25) is 0 Å². The third-order valence-corrected chi connectivity index (χ3v) is 2.33. The zero-order chi connectivity index (χ0) is 7.40. The van der Waals surface area contributed by atoms with Gasteiger partial charge in [-0.3, -0.25) is 0 Å². The fraction of sp³-hybridized carbons (Fsp3) is 0.500. The molecule has 0 N–H and O–H groups in total. The summed E-state index contributed by atoms with van der Waals surface area (Å²) >= 11 is 1.74.